The zero-order valence-electron chi connectivity index (χ0n) is 26.9. The molecule has 0 spiro atoms. The Morgan fingerprint density at radius 1 is 0.787 bits per heavy atom. The number of carbonyl (C=O) groups excluding carboxylic acids is 3. The van der Waals surface area contributed by atoms with Gasteiger partial charge in [0, 0.05) is 24.9 Å². The van der Waals surface area contributed by atoms with Gasteiger partial charge in [0.1, 0.15) is 17.7 Å². The van der Waals surface area contributed by atoms with Gasteiger partial charge in [-0.05, 0) is 67.3 Å². The minimum absolute atomic E-state index is 0.168. The predicted octanol–water partition coefficient (Wildman–Crippen LogP) is 6.00. The van der Waals surface area contributed by atoms with Crippen LogP contribution in [0.1, 0.15) is 65.6 Å². The Morgan fingerprint density at radius 3 is 2.23 bits per heavy atom. The lowest BCUT2D eigenvalue weighted by Crippen LogP contribution is -2.49. The third kappa shape index (κ3) is 9.49. The van der Waals surface area contributed by atoms with Gasteiger partial charge in [0.2, 0.25) is 11.8 Å². The number of fused-ring (bicyclic) bond motifs is 1. The van der Waals surface area contributed by atoms with Crippen LogP contribution < -0.4 is 16.0 Å². The van der Waals surface area contributed by atoms with Gasteiger partial charge in [-0.2, -0.15) is 4.98 Å². The van der Waals surface area contributed by atoms with Crippen LogP contribution in [0.3, 0.4) is 0 Å². The molecule has 10 heteroatoms. The van der Waals surface area contributed by atoms with Crippen LogP contribution in [0, 0.1) is 6.92 Å². The molecular formula is C37H39N5O5. The summed E-state index contributed by atoms with van der Waals surface area (Å²) in [7, 11) is 0. The number of nitrogens with one attached hydrogen (secondary N) is 3. The number of aryl methyl sites for hydroxylation is 1. The van der Waals surface area contributed by atoms with E-state index in [1.807, 2.05) is 72.8 Å². The summed E-state index contributed by atoms with van der Waals surface area (Å²) in [5.74, 6) is -0.0978. The number of nitrogens with zero attached hydrogens (tertiary/aromatic N) is 2. The van der Waals surface area contributed by atoms with Gasteiger partial charge < -0.3 is 25.2 Å². The van der Waals surface area contributed by atoms with Crippen molar-refractivity contribution in [2.45, 2.75) is 64.8 Å². The molecule has 0 saturated carbocycles. The van der Waals surface area contributed by atoms with Gasteiger partial charge in [0.15, 0.2) is 5.82 Å². The fourth-order valence-corrected chi connectivity index (χ4v) is 5.14. The largest absolute Gasteiger partial charge is 0.444 e. The van der Waals surface area contributed by atoms with Crippen molar-refractivity contribution in [1.82, 2.24) is 26.1 Å². The molecule has 1 aromatic heterocycles. The van der Waals surface area contributed by atoms with E-state index in [0.717, 1.165) is 21.9 Å². The molecule has 0 aliphatic carbocycles. The molecule has 47 heavy (non-hydrogen) atoms. The first-order valence-corrected chi connectivity index (χ1v) is 15.5. The van der Waals surface area contributed by atoms with E-state index in [9.17, 15) is 14.4 Å². The third-order valence-electron chi connectivity index (χ3n) is 7.34. The molecule has 0 unspecified atom stereocenters. The van der Waals surface area contributed by atoms with E-state index in [2.05, 4.69) is 26.1 Å². The Balaban J connectivity index is 1.37. The third-order valence-corrected chi connectivity index (χ3v) is 7.34. The smallest absolute Gasteiger partial charge is 0.407 e. The zero-order chi connectivity index (χ0) is 33.4. The van der Waals surface area contributed by atoms with Crippen LogP contribution in [0.5, 0.6) is 0 Å². The summed E-state index contributed by atoms with van der Waals surface area (Å²) < 4.78 is 10.8. The van der Waals surface area contributed by atoms with Gasteiger partial charge in [-0.1, -0.05) is 90.1 Å². The summed E-state index contributed by atoms with van der Waals surface area (Å²) in [6.45, 7) is 7.25. The maximum atomic E-state index is 14.0. The fourth-order valence-electron chi connectivity index (χ4n) is 5.14. The summed E-state index contributed by atoms with van der Waals surface area (Å²) in [4.78, 5) is 44.2. The Kier molecular flexibility index (Phi) is 10.3. The van der Waals surface area contributed by atoms with Crippen molar-refractivity contribution in [3.05, 3.63) is 131 Å². The molecule has 2 atom stereocenters. The SMILES string of the molecule is Cc1noc([C@@H](Cc2ccccc2)NC(=O)[C@@H](Cc2ccc3ccccc3c2)NC(=O)c2cccc(CNC(=O)OC(C)(C)C)c2)n1. The standard InChI is InChI=1S/C37H39N5O5/c1-24-39-35(47-42-24)32(21-25-11-6-5-7-12-25)41-34(44)31(22-26-17-18-28-14-8-9-15-29(28)19-26)40-33(43)30-16-10-13-27(20-30)23-38-36(45)46-37(2,3)4/h5-20,31-32H,21-23H2,1-4H3,(H,38,45)(H,40,43)(H,41,44)/t31-,32-/m1/s1. The lowest BCUT2D eigenvalue weighted by molar-refractivity contribution is -0.123. The van der Waals surface area contributed by atoms with Gasteiger partial charge in [0.25, 0.3) is 5.91 Å². The highest BCUT2D eigenvalue weighted by atomic mass is 16.6. The first-order valence-electron chi connectivity index (χ1n) is 15.5. The number of benzene rings is 4. The number of hydrogen-bond acceptors (Lipinski definition) is 7. The van der Waals surface area contributed by atoms with Crippen LogP contribution in [0.15, 0.2) is 102 Å². The molecule has 5 rings (SSSR count). The molecule has 0 saturated heterocycles. The number of amides is 3. The molecular weight excluding hydrogens is 594 g/mol. The van der Waals surface area contributed by atoms with Gasteiger partial charge >= 0.3 is 6.09 Å². The Labute approximate surface area is 273 Å². The molecule has 10 nitrogen and oxygen atoms in total. The van der Waals surface area contributed by atoms with Crippen LogP contribution in [0.4, 0.5) is 4.79 Å². The second-order valence-electron chi connectivity index (χ2n) is 12.4. The van der Waals surface area contributed by atoms with Crippen molar-refractivity contribution in [2.24, 2.45) is 0 Å². The van der Waals surface area contributed by atoms with Gasteiger partial charge in [-0.25, -0.2) is 4.79 Å². The van der Waals surface area contributed by atoms with Crippen LogP contribution in [0.25, 0.3) is 10.8 Å². The molecule has 1 heterocycles. The molecule has 242 valence electrons. The topological polar surface area (TPSA) is 135 Å². The molecule has 0 fully saturated rings. The summed E-state index contributed by atoms with van der Waals surface area (Å²) in [5, 5.41) is 14.8. The predicted molar refractivity (Wildman–Crippen MR) is 178 cm³/mol. The number of alkyl carbamates (subject to hydrolysis) is 1. The first kappa shape index (κ1) is 32.9. The fraction of sp³-hybridized carbons (Fsp3) is 0.270. The first-order chi connectivity index (χ1) is 22.5. The average Bonchev–Trinajstić information content (AvgIpc) is 3.49. The number of hydrogen-bond donors (Lipinski definition) is 3. The maximum absolute atomic E-state index is 14.0. The number of aromatic nitrogens is 2. The molecule has 0 aliphatic heterocycles. The van der Waals surface area contributed by atoms with Crippen molar-refractivity contribution in [3.8, 4) is 0 Å². The number of ether oxygens (including phenoxy) is 1. The summed E-state index contributed by atoms with van der Waals surface area (Å²) in [6, 6.07) is 29.0. The van der Waals surface area contributed by atoms with E-state index < -0.39 is 35.6 Å². The van der Waals surface area contributed by atoms with Gasteiger partial charge in [0.05, 0.1) is 0 Å². The average molecular weight is 634 g/mol. The molecule has 3 N–H and O–H groups in total. The quantitative estimate of drug-likeness (QED) is 0.162. The Hall–Kier alpha value is -5.51. The minimum atomic E-state index is -0.936. The second-order valence-corrected chi connectivity index (χ2v) is 12.4. The van der Waals surface area contributed by atoms with Crippen LogP contribution >= 0.6 is 0 Å². The van der Waals surface area contributed by atoms with Gasteiger partial charge in [-0.15, -0.1) is 0 Å². The Morgan fingerprint density at radius 2 is 1.51 bits per heavy atom. The Bertz CT molecular complexity index is 1850. The van der Waals surface area contributed by atoms with E-state index in [0.29, 0.717) is 23.4 Å². The van der Waals surface area contributed by atoms with Crippen LogP contribution in [0.2, 0.25) is 0 Å². The highest BCUT2D eigenvalue weighted by Crippen LogP contribution is 2.20. The summed E-state index contributed by atoms with van der Waals surface area (Å²) >= 11 is 0. The van der Waals surface area contributed by atoms with E-state index in [4.69, 9.17) is 9.26 Å². The lowest BCUT2D eigenvalue weighted by Gasteiger charge is -2.22. The molecule has 0 bridgehead atoms. The maximum Gasteiger partial charge on any atom is 0.407 e. The van der Waals surface area contributed by atoms with Crippen molar-refractivity contribution in [2.75, 3.05) is 0 Å². The summed E-state index contributed by atoms with van der Waals surface area (Å²) in [6.07, 6.45) is 0.0989. The van der Waals surface area contributed by atoms with Crippen LogP contribution in [-0.2, 0) is 28.9 Å². The van der Waals surface area contributed by atoms with E-state index in [-0.39, 0.29) is 18.9 Å². The van der Waals surface area contributed by atoms with Gasteiger partial charge in [-0.3, -0.25) is 9.59 Å². The molecule has 0 aliphatic rings. The molecule has 3 amide bonds. The summed E-state index contributed by atoms with van der Waals surface area (Å²) in [5.41, 5.74) is 2.27. The van der Waals surface area contributed by atoms with Crippen molar-refractivity contribution in [1.29, 1.82) is 0 Å². The monoisotopic (exact) mass is 633 g/mol. The second kappa shape index (κ2) is 14.7. The normalized spacial score (nSPS) is 12.6. The molecule has 4 aromatic carbocycles. The molecule has 5 aromatic rings. The lowest BCUT2D eigenvalue weighted by atomic mass is 9.99. The van der Waals surface area contributed by atoms with E-state index >= 15 is 0 Å². The highest BCUT2D eigenvalue weighted by Gasteiger charge is 2.28. The zero-order valence-corrected chi connectivity index (χ0v) is 26.9. The minimum Gasteiger partial charge on any atom is -0.444 e. The van der Waals surface area contributed by atoms with E-state index in [1.54, 1.807) is 52.0 Å². The van der Waals surface area contributed by atoms with Crippen LogP contribution in [-0.4, -0.2) is 39.7 Å². The van der Waals surface area contributed by atoms with E-state index in [1.165, 1.54) is 0 Å². The number of carbonyl (C=O) groups is 3. The number of rotatable bonds is 11. The highest BCUT2D eigenvalue weighted by molar-refractivity contribution is 5.98. The van der Waals surface area contributed by atoms with Crippen molar-refractivity contribution < 1.29 is 23.6 Å². The van der Waals surface area contributed by atoms with Crippen molar-refractivity contribution >= 4 is 28.7 Å². The molecule has 0 radical (unpaired) electrons. The van der Waals surface area contributed by atoms with Crippen molar-refractivity contribution in [3.63, 3.8) is 0 Å².